The highest BCUT2D eigenvalue weighted by atomic mass is 16.6. The molecule has 0 aromatic heterocycles. The first kappa shape index (κ1) is 19.1. The minimum Gasteiger partial charge on any atom is -0.455 e. The van der Waals surface area contributed by atoms with Gasteiger partial charge in [-0.05, 0) is 24.5 Å². The maximum atomic E-state index is 12.3. The van der Waals surface area contributed by atoms with Crippen LogP contribution in [0, 0.1) is 17.0 Å². The van der Waals surface area contributed by atoms with Gasteiger partial charge in [-0.3, -0.25) is 19.7 Å². The van der Waals surface area contributed by atoms with E-state index in [-0.39, 0.29) is 11.4 Å². The third-order valence-corrected chi connectivity index (χ3v) is 3.95. The molecule has 0 saturated heterocycles. The van der Waals surface area contributed by atoms with Crippen molar-refractivity contribution in [3.63, 3.8) is 0 Å². The summed E-state index contributed by atoms with van der Waals surface area (Å²) in [7, 11) is 0. The zero-order valence-electron chi connectivity index (χ0n) is 14.6. The van der Waals surface area contributed by atoms with E-state index < -0.39 is 29.3 Å². The number of nitro benzene ring substituents is 1. The average Bonchev–Trinajstić information content (AvgIpc) is 2.63. The predicted molar refractivity (Wildman–Crippen MR) is 96.9 cm³/mol. The highest BCUT2D eigenvalue weighted by Crippen LogP contribution is 2.27. The molecule has 2 rings (SSSR count). The van der Waals surface area contributed by atoms with Gasteiger partial charge >= 0.3 is 5.97 Å². The van der Waals surface area contributed by atoms with Gasteiger partial charge in [0.15, 0.2) is 6.61 Å². The van der Waals surface area contributed by atoms with Crippen LogP contribution in [0.5, 0.6) is 0 Å². The largest absolute Gasteiger partial charge is 0.455 e. The first-order valence-corrected chi connectivity index (χ1v) is 8.19. The Bertz CT molecular complexity index is 805. The predicted octanol–water partition coefficient (Wildman–Crippen LogP) is 3.58. The number of amides is 1. The number of nitro groups is 1. The van der Waals surface area contributed by atoms with E-state index in [1.54, 1.807) is 13.0 Å². The van der Waals surface area contributed by atoms with Gasteiger partial charge in [0.2, 0.25) is 0 Å². The van der Waals surface area contributed by atoms with Crippen molar-refractivity contribution in [1.82, 2.24) is 0 Å². The summed E-state index contributed by atoms with van der Waals surface area (Å²) in [4.78, 5) is 34.8. The second-order valence-corrected chi connectivity index (χ2v) is 5.75. The number of hydrogen-bond donors (Lipinski definition) is 1. The normalized spacial score (nSPS) is 11.5. The number of aryl methyl sites for hydroxylation is 1. The number of rotatable bonds is 7. The Morgan fingerprint density at radius 2 is 1.85 bits per heavy atom. The second-order valence-electron chi connectivity index (χ2n) is 5.75. The molecule has 7 heteroatoms. The summed E-state index contributed by atoms with van der Waals surface area (Å²) >= 11 is 0. The number of carbonyl (C=O) groups excluding carboxylic acids is 2. The third kappa shape index (κ3) is 4.66. The van der Waals surface area contributed by atoms with E-state index in [0.29, 0.717) is 12.0 Å². The Hall–Kier alpha value is -3.22. The van der Waals surface area contributed by atoms with Crippen molar-refractivity contribution in [2.24, 2.45) is 0 Å². The smallest absolute Gasteiger partial charge is 0.313 e. The van der Waals surface area contributed by atoms with Crippen molar-refractivity contribution < 1.29 is 19.2 Å². The molecular formula is C19H20N2O5. The molecule has 0 unspecified atom stereocenters. The molecule has 0 radical (unpaired) electrons. The number of nitrogens with zero attached hydrogens (tertiary/aromatic N) is 1. The van der Waals surface area contributed by atoms with E-state index >= 15 is 0 Å². The van der Waals surface area contributed by atoms with Crippen molar-refractivity contribution in [3.8, 4) is 0 Å². The molecule has 0 saturated carbocycles. The Morgan fingerprint density at radius 3 is 2.46 bits per heavy atom. The number of esters is 1. The summed E-state index contributed by atoms with van der Waals surface area (Å²) in [6.45, 7) is 3.00. The fourth-order valence-corrected chi connectivity index (χ4v) is 2.60. The molecule has 136 valence electrons. The number of anilines is 1. The van der Waals surface area contributed by atoms with Gasteiger partial charge in [-0.1, -0.05) is 49.4 Å². The highest BCUT2D eigenvalue weighted by Gasteiger charge is 2.22. The zero-order chi connectivity index (χ0) is 19.1. The summed E-state index contributed by atoms with van der Waals surface area (Å²) in [6.07, 6.45) is 0.535. The maximum absolute atomic E-state index is 12.3. The van der Waals surface area contributed by atoms with Crippen LogP contribution in [0.1, 0.15) is 30.4 Å². The third-order valence-electron chi connectivity index (χ3n) is 3.95. The standard InChI is InChI=1S/C19H20N2O5/c1-3-15(14-9-5-4-6-10-14)19(23)26-12-17(22)20-18-13(2)8-7-11-16(18)21(24)25/h4-11,15H,3,12H2,1-2H3,(H,20,22)/t15-/m1/s1. The molecule has 2 aromatic carbocycles. The van der Waals surface area contributed by atoms with Gasteiger partial charge in [-0.15, -0.1) is 0 Å². The summed E-state index contributed by atoms with van der Waals surface area (Å²) in [5, 5.41) is 13.5. The van der Waals surface area contributed by atoms with Gasteiger partial charge in [-0.25, -0.2) is 0 Å². The second kappa shape index (κ2) is 8.75. The van der Waals surface area contributed by atoms with Crippen molar-refractivity contribution >= 4 is 23.3 Å². The van der Waals surface area contributed by atoms with Gasteiger partial charge in [0.05, 0.1) is 10.8 Å². The molecule has 0 aliphatic rings. The molecule has 0 bridgehead atoms. The number of benzene rings is 2. The number of ether oxygens (including phenoxy) is 1. The zero-order valence-corrected chi connectivity index (χ0v) is 14.6. The highest BCUT2D eigenvalue weighted by molar-refractivity contribution is 5.96. The molecule has 26 heavy (non-hydrogen) atoms. The minimum absolute atomic E-state index is 0.105. The summed E-state index contributed by atoms with van der Waals surface area (Å²) < 4.78 is 5.10. The van der Waals surface area contributed by atoms with Crippen molar-refractivity contribution in [1.29, 1.82) is 0 Å². The number of hydrogen-bond acceptors (Lipinski definition) is 5. The topological polar surface area (TPSA) is 98.5 Å². The SMILES string of the molecule is CC[C@@H](C(=O)OCC(=O)Nc1c(C)cccc1[N+](=O)[O-])c1ccccc1. The molecule has 1 atom stereocenters. The van der Waals surface area contributed by atoms with E-state index in [1.807, 2.05) is 37.3 Å². The number of carbonyl (C=O) groups is 2. The molecular weight excluding hydrogens is 336 g/mol. The molecule has 1 N–H and O–H groups in total. The molecule has 0 spiro atoms. The van der Waals surface area contributed by atoms with Crippen molar-refractivity contribution in [2.45, 2.75) is 26.2 Å². The molecule has 0 aliphatic carbocycles. The lowest BCUT2D eigenvalue weighted by molar-refractivity contribution is -0.384. The van der Waals surface area contributed by atoms with E-state index in [9.17, 15) is 19.7 Å². The maximum Gasteiger partial charge on any atom is 0.313 e. The Morgan fingerprint density at radius 1 is 1.15 bits per heavy atom. The lowest BCUT2D eigenvalue weighted by Gasteiger charge is -2.15. The van der Waals surface area contributed by atoms with Crippen LogP contribution in [-0.4, -0.2) is 23.4 Å². The Labute approximate surface area is 151 Å². The van der Waals surface area contributed by atoms with E-state index in [4.69, 9.17) is 4.74 Å². The summed E-state index contributed by atoms with van der Waals surface area (Å²) in [5.74, 6) is -1.59. The monoisotopic (exact) mass is 356 g/mol. The summed E-state index contributed by atoms with van der Waals surface area (Å²) in [5.41, 5.74) is 1.26. The van der Waals surface area contributed by atoms with Gasteiger partial charge in [-0.2, -0.15) is 0 Å². The minimum atomic E-state index is -0.626. The van der Waals surface area contributed by atoms with Crippen molar-refractivity contribution in [3.05, 3.63) is 69.8 Å². The van der Waals surface area contributed by atoms with Crippen molar-refractivity contribution in [2.75, 3.05) is 11.9 Å². The molecule has 2 aromatic rings. The Balaban J connectivity index is 2.01. The fraction of sp³-hybridized carbons (Fsp3) is 0.263. The van der Waals surface area contributed by atoms with Crippen LogP contribution in [0.3, 0.4) is 0 Å². The molecule has 1 amide bonds. The van der Waals surface area contributed by atoms with Crippen LogP contribution >= 0.6 is 0 Å². The van der Waals surface area contributed by atoms with Gasteiger partial charge in [0.25, 0.3) is 11.6 Å². The van der Waals surface area contributed by atoms with Crippen LogP contribution in [0.2, 0.25) is 0 Å². The molecule has 0 fully saturated rings. The van der Waals surface area contributed by atoms with Gasteiger partial charge < -0.3 is 10.1 Å². The van der Waals surface area contributed by atoms with Gasteiger partial charge in [0, 0.05) is 6.07 Å². The Kier molecular flexibility index (Phi) is 6.43. The van der Waals surface area contributed by atoms with Gasteiger partial charge in [0.1, 0.15) is 5.69 Å². The first-order valence-electron chi connectivity index (χ1n) is 8.19. The molecule has 0 aliphatic heterocycles. The van der Waals surface area contributed by atoms with E-state index in [0.717, 1.165) is 5.56 Å². The molecule has 0 heterocycles. The van der Waals surface area contributed by atoms with Crippen LogP contribution in [0.4, 0.5) is 11.4 Å². The number of nitrogens with one attached hydrogen (secondary N) is 1. The van der Waals surface area contributed by atoms with E-state index in [2.05, 4.69) is 5.32 Å². The van der Waals surface area contributed by atoms with E-state index in [1.165, 1.54) is 12.1 Å². The fourth-order valence-electron chi connectivity index (χ4n) is 2.60. The summed E-state index contributed by atoms with van der Waals surface area (Å²) in [6, 6.07) is 13.6. The van der Waals surface area contributed by atoms with Crippen LogP contribution < -0.4 is 5.32 Å². The quantitative estimate of drug-likeness (QED) is 0.464. The lowest BCUT2D eigenvalue weighted by Crippen LogP contribution is -2.24. The number of para-hydroxylation sites is 1. The van der Waals surface area contributed by atoms with Crippen LogP contribution in [0.25, 0.3) is 0 Å². The average molecular weight is 356 g/mol. The lowest BCUT2D eigenvalue weighted by atomic mass is 9.97. The van der Waals surface area contributed by atoms with Crippen LogP contribution in [-0.2, 0) is 14.3 Å². The van der Waals surface area contributed by atoms with Crippen LogP contribution in [0.15, 0.2) is 48.5 Å². The molecule has 7 nitrogen and oxygen atoms in total. The first-order chi connectivity index (χ1) is 12.4.